The minimum absolute atomic E-state index is 0.0234. The van der Waals surface area contributed by atoms with Crippen molar-refractivity contribution in [1.29, 1.82) is 0 Å². The second kappa shape index (κ2) is 8.49. The Morgan fingerprint density at radius 3 is 2.24 bits per heavy atom. The molecule has 0 unspecified atom stereocenters. The van der Waals surface area contributed by atoms with Crippen LogP contribution in [0.3, 0.4) is 0 Å². The van der Waals surface area contributed by atoms with E-state index >= 15 is 0 Å². The standard InChI is InChI=1S/C19H34N2O4/c1-19(2,3)25-18(23)21-10-8-14(9-11-21)12-17(22)16-7-6-15(24-5)13-20(16)4/h14-16H,6-13H2,1-5H3/t15-,16-/m1/s1. The lowest BCUT2D eigenvalue weighted by Crippen LogP contribution is -2.48. The van der Waals surface area contributed by atoms with E-state index in [0.717, 1.165) is 32.2 Å². The third-order valence-electron chi connectivity index (χ3n) is 5.25. The molecule has 2 heterocycles. The summed E-state index contributed by atoms with van der Waals surface area (Å²) in [6.45, 7) is 7.82. The molecule has 2 saturated heterocycles. The fourth-order valence-corrected chi connectivity index (χ4v) is 3.77. The van der Waals surface area contributed by atoms with E-state index in [4.69, 9.17) is 9.47 Å². The van der Waals surface area contributed by atoms with Gasteiger partial charge in [-0.3, -0.25) is 9.69 Å². The van der Waals surface area contributed by atoms with Crippen LogP contribution >= 0.6 is 0 Å². The second-order valence-corrected chi connectivity index (χ2v) is 8.47. The molecule has 0 saturated carbocycles. The van der Waals surface area contributed by atoms with Gasteiger partial charge in [0, 0.05) is 33.2 Å². The SMILES string of the molecule is CO[C@@H]1CC[C@H](C(=O)CC2CCN(C(=O)OC(C)(C)C)CC2)N(C)C1. The Morgan fingerprint density at radius 1 is 1.08 bits per heavy atom. The Hall–Kier alpha value is -1.14. The lowest BCUT2D eigenvalue weighted by molar-refractivity contribution is -0.127. The molecule has 144 valence electrons. The predicted molar refractivity (Wildman–Crippen MR) is 96.6 cm³/mol. The van der Waals surface area contributed by atoms with E-state index in [2.05, 4.69) is 4.90 Å². The maximum Gasteiger partial charge on any atom is 0.410 e. The highest BCUT2D eigenvalue weighted by Crippen LogP contribution is 2.26. The second-order valence-electron chi connectivity index (χ2n) is 8.47. The van der Waals surface area contributed by atoms with Crippen molar-refractivity contribution in [3.63, 3.8) is 0 Å². The number of hydrogen-bond acceptors (Lipinski definition) is 5. The maximum absolute atomic E-state index is 12.7. The van der Waals surface area contributed by atoms with Gasteiger partial charge in [0.15, 0.2) is 0 Å². The van der Waals surface area contributed by atoms with Gasteiger partial charge in [-0.1, -0.05) is 0 Å². The number of likely N-dealkylation sites (tertiary alicyclic amines) is 2. The van der Waals surface area contributed by atoms with Crippen molar-refractivity contribution in [2.24, 2.45) is 5.92 Å². The van der Waals surface area contributed by atoms with Crippen LogP contribution in [0.15, 0.2) is 0 Å². The summed E-state index contributed by atoms with van der Waals surface area (Å²) < 4.78 is 10.8. The van der Waals surface area contributed by atoms with Crippen molar-refractivity contribution < 1.29 is 19.1 Å². The van der Waals surface area contributed by atoms with E-state index in [0.29, 0.717) is 31.2 Å². The highest BCUT2D eigenvalue weighted by atomic mass is 16.6. The fraction of sp³-hybridized carbons (Fsp3) is 0.895. The van der Waals surface area contributed by atoms with Crippen LogP contribution in [0, 0.1) is 5.92 Å². The number of nitrogens with zero attached hydrogens (tertiary/aromatic N) is 2. The summed E-state index contributed by atoms with van der Waals surface area (Å²) in [6.07, 6.45) is 4.21. The van der Waals surface area contributed by atoms with Crippen LogP contribution in [-0.4, -0.2) is 73.2 Å². The maximum atomic E-state index is 12.7. The van der Waals surface area contributed by atoms with E-state index in [1.165, 1.54) is 0 Å². The first-order valence-electron chi connectivity index (χ1n) is 9.43. The zero-order chi connectivity index (χ0) is 18.6. The third-order valence-corrected chi connectivity index (χ3v) is 5.25. The van der Waals surface area contributed by atoms with Crippen molar-refractivity contribution in [1.82, 2.24) is 9.80 Å². The smallest absolute Gasteiger partial charge is 0.410 e. The van der Waals surface area contributed by atoms with Crippen LogP contribution < -0.4 is 0 Å². The quantitative estimate of drug-likeness (QED) is 0.777. The molecule has 6 nitrogen and oxygen atoms in total. The number of Topliss-reactive ketones (excluding diaryl/α,β-unsaturated/α-hetero) is 1. The van der Waals surface area contributed by atoms with Crippen molar-refractivity contribution in [2.45, 2.75) is 70.6 Å². The Kier molecular flexibility index (Phi) is 6.86. The van der Waals surface area contributed by atoms with Crippen LogP contribution in [0.4, 0.5) is 4.79 Å². The highest BCUT2D eigenvalue weighted by Gasteiger charge is 2.33. The molecule has 0 radical (unpaired) electrons. The summed E-state index contributed by atoms with van der Waals surface area (Å²) in [4.78, 5) is 28.7. The summed E-state index contributed by atoms with van der Waals surface area (Å²) >= 11 is 0. The van der Waals surface area contributed by atoms with Gasteiger partial charge in [-0.15, -0.1) is 0 Å². The average Bonchev–Trinajstić information content (AvgIpc) is 2.53. The molecule has 6 heteroatoms. The van der Waals surface area contributed by atoms with Crippen molar-refractivity contribution >= 4 is 11.9 Å². The molecule has 0 aromatic rings. The average molecular weight is 354 g/mol. The Labute approximate surface area is 151 Å². The summed E-state index contributed by atoms with van der Waals surface area (Å²) in [6, 6.07) is 0.0234. The number of hydrogen-bond donors (Lipinski definition) is 0. The molecule has 0 N–H and O–H groups in total. The normalized spacial score (nSPS) is 26.5. The summed E-state index contributed by atoms with van der Waals surface area (Å²) in [5.74, 6) is 0.715. The Bertz CT molecular complexity index is 467. The van der Waals surface area contributed by atoms with Gasteiger partial charge >= 0.3 is 6.09 Å². The molecule has 0 aromatic carbocycles. The van der Waals surface area contributed by atoms with Crippen LogP contribution in [-0.2, 0) is 14.3 Å². The minimum Gasteiger partial charge on any atom is -0.444 e. The van der Waals surface area contributed by atoms with Gasteiger partial charge < -0.3 is 14.4 Å². The molecule has 2 atom stereocenters. The zero-order valence-electron chi connectivity index (χ0n) is 16.4. The lowest BCUT2D eigenvalue weighted by atomic mass is 9.87. The monoisotopic (exact) mass is 354 g/mol. The minimum atomic E-state index is -0.463. The van der Waals surface area contributed by atoms with E-state index in [-0.39, 0.29) is 18.2 Å². The first kappa shape index (κ1) is 20.2. The zero-order valence-corrected chi connectivity index (χ0v) is 16.4. The number of piperidine rings is 2. The number of likely N-dealkylation sites (N-methyl/N-ethyl adjacent to an activating group) is 1. The van der Waals surface area contributed by atoms with Crippen LogP contribution in [0.5, 0.6) is 0 Å². The molecule has 2 rings (SSSR count). The molecule has 0 spiro atoms. The number of rotatable bonds is 4. The molecule has 2 aliphatic heterocycles. The molecular weight excluding hydrogens is 320 g/mol. The van der Waals surface area contributed by atoms with Gasteiger partial charge in [0.05, 0.1) is 12.1 Å². The number of ketones is 1. The summed E-state index contributed by atoms with van der Waals surface area (Å²) in [5.41, 5.74) is -0.463. The molecule has 1 amide bonds. The molecular formula is C19H34N2O4. The van der Waals surface area contributed by atoms with E-state index < -0.39 is 5.60 Å². The predicted octanol–water partition coefficient (Wildman–Crippen LogP) is 2.70. The first-order chi connectivity index (χ1) is 11.7. The van der Waals surface area contributed by atoms with E-state index in [9.17, 15) is 9.59 Å². The van der Waals surface area contributed by atoms with Gasteiger partial charge in [0.1, 0.15) is 11.4 Å². The fourth-order valence-electron chi connectivity index (χ4n) is 3.77. The number of amides is 1. The van der Waals surface area contributed by atoms with Gasteiger partial charge in [-0.2, -0.15) is 0 Å². The molecule has 0 aliphatic carbocycles. The van der Waals surface area contributed by atoms with E-state index in [1.54, 1.807) is 12.0 Å². The summed E-state index contributed by atoms with van der Waals surface area (Å²) in [5, 5.41) is 0. The molecule has 0 aromatic heterocycles. The highest BCUT2D eigenvalue weighted by molar-refractivity contribution is 5.84. The Morgan fingerprint density at radius 2 is 1.72 bits per heavy atom. The van der Waals surface area contributed by atoms with Crippen molar-refractivity contribution in [3.8, 4) is 0 Å². The van der Waals surface area contributed by atoms with Crippen LogP contribution in [0.2, 0.25) is 0 Å². The lowest BCUT2D eigenvalue weighted by Gasteiger charge is -2.37. The number of carbonyl (C=O) groups is 2. The van der Waals surface area contributed by atoms with Gasteiger partial charge in [0.2, 0.25) is 0 Å². The molecule has 2 aliphatic rings. The molecule has 25 heavy (non-hydrogen) atoms. The largest absolute Gasteiger partial charge is 0.444 e. The van der Waals surface area contributed by atoms with Crippen LogP contribution in [0.25, 0.3) is 0 Å². The summed E-state index contributed by atoms with van der Waals surface area (Å²) in [7, 11) is 3.75. The molecule has 2 fully saturated rings. The molecule has 0 bridgehead atoms. The van der Waals surface area contributed by atoms with Crippen molar-refractivity contribution in [3.05, 3.63) is 0 Å². The van der Waals surface area contributed by atoms with Gasteiger partial charge in [0.25, 0.3) is 0 Å². The van der Waals surface area contributed by atoms with Gasteiger partial charge in [-0.25, -0.2) is 4.79 Å². The first-order valence-corrected chi connectivity index (χ1v) is 9.43. The third kappa shape index (κ3) is 5.96. The Balaban J connectivity index is 1.76. The van der Waals surface area contributed by atoms with Crippen LogP contribution in [0.1, 0.15) is 52.9 Å². The van der Waals surface area contributed by atoms with Crippen molar-refractivity contribution in [2.75, 3.05) is 33.8 Å². The number of methoxy groups -OCH3 is 1. The topological polar surface area (TPSA) is 59.1 Å². The number of carbonyl (C=O) groups excluding carboxylic acids is 2. The van der Waals surface area contributed by atoms with E-state index in [1.807, 2.05) is 27.8 Å². The number of ether oxygens (including phenoxy) is 2. The van der Waals surface area contributed by atoms with Gasteiger partial charge in [-0.05, 0) is 59.4 Å².